The summed E-state index contributed by atoms with van der Waals surface area (Å²) in [5.74, 6) is -0.785. The van der Waals surface area contributed by atoms with Crippen LogP contribution in [0.4, 0.5) is 5.69 Å². The Labute approximate surface area is 186 Å². The Bertz CT molecular complexity index is 1050. The lowest BCUT2D eigenvalue weighted by Gasteiger charge is -2.19. The molecule has 0 saturated carbocycles. The fourth-order valence-corrected chi connectivity index (χ4v) is 3.04. The number of benzene rings is 3. The number of ether oxygens (including phenoxy) is 2. The molecule has 0 radical (unpaired) electrons. The first-order valence-corrected chi connectivity index (χ1v) is 10.1. The highest BCUT2D eigenvalue weighted by Crippen LogP contribution is 2.19. The predicted octanol–water partition coefficient (Wildman–Crippen LogP) is 3.74. The lowest BCUT2D eigenvalue weighted by atomic mass is 10.0. The van der Waals surface area contributed by atoms with Crippen LogP contribution in [0.1, 0.15) is 28.4 Å². The van der Waals surface area contributed by atoms with Gasteiger partial charge in [0.25, 0.3) is 11.8 Å². The van der Waals surface area contributed by atoms with Crippen molar-refractivity contribution >= 4 is 23.5 Å². The first-order valence-electron chi connectivity index (χ1n) is 10.1. The molecule has 0 spiro atoms. The molecule has 0 saturated heterocycles. The molecule has 3 rings (SSSR count). The Kier molecular flexibility index (Phi) is 7.97. The number of amides is 2. The highest BCUT2D eigenvalue weighted by atomic mass is 16.5. The van der Waals surface area contributed by atoms with E-state index in [1.54, 1.807) is 48.5 Å². The largest absolute Gasteiger partial charge is 0.497 e. The Morgan fingerprint density at radius 1 is 0.875 bits per heavy atom. The van der Waals surface area contributed by atoms with Gasteiger partial charge >= 0.3 is 5.97 Å². The summed E-state index contributed by atoms with van der Waals surface area (Å²) in [6.07, 6.45) is -0.116. The molecule has 0 aliphatic carbocycles. The topological polar surface area (TPSA) is 93.7 Å². The predicted molar refractivity (Wildman–Crippen MR) is 120 cm³/mol. The van der Waals surface area contributed by atoms with Crippen molar-refractivity contribution in [2.24, 2.45) is 0 Å². The lowest BCUT2D eigenvalue weighted by molar-refractivity contribution is -0.147. The van der Waals surface area contributed by atoms with Gasteiger partial charge in [-0.15, -0.1) is 0 Å². The summed E-state index contributed by atoms with van der Waals surface area (Å²) >= 11 is 0. The quantitative estimate of drug-likeness (QED) is 0.503. The van der Waals surface area contributed by atoms with Gasteiger partial charge in [0, 0.05) is 17.3 Å². The third kappa shape index (κ3) is 6.70. The van der Waals surface area contributed by atoms with Crippen molar-refractivity contribution in [1.29, 1.82) is 0 Å². The third-order valence-electron chi connectivity index (χ3n) is 4.63. The second-order valence-corrected chi connectivity index (χ2v) is 6.95. The number of anilines is 1. The summed E-state index contributed by atoms with van der Waals surface area (Å²) in [5, 5.41) is 5.51. The van der Waals surface area contributed by atoms with Crippen LogP contribution < -0.4 is 15.4 Å². The molecule has 7 nitrogen and oxygen atoms in total. The molecule has 0 bridgehead atoms. The maximum absolute atomic E-state index is 12.6. The Hall–Kier alpha value is -4.13. The molecule has 1 atom stereocenters. The van der Waals surface area contributed by atoms with E-state index in [1.165, 1.54) is 7.11 Å². The Morgan fingerprint density at radius 2 is 1.56 bits per heavy atom. The van der Waals surface area contributed by atoms with E-state index in [2.05, 4.69) is 10.6 Å². The Balaban J connectivity index is 1.58. The van der Waals surface area contributed by atoms with Crippen molar-refractivity contribution in [3.8, 4) is 5.75 Å². The van der Waals surface area contributed by atoms with Crippen LogP contribution in [0.25, 0.3) is 0 Å². The van der Waals surface area contributed by atoms with E-state index in [4.69, 9.17) is 9.47 Å². The standard InChI is InChI=1S/C25H24N2O5/c1-31-21-14-8-13-20(15-21)26-23(28)17-32-24(29)16-22(18-9-4-2-5-10-18)27-25(30)19-11-6-3-7-12-19/h2-15,22H,16-17H2,1H3,(H,26,28)(H,27,30). The molecule has 3 aromatic rings. The summed E-state index contributed by atoms with van der Waals surface area (Å²) in [5.41, 5.74) is 1.77. The van der Waals surface area contributed by atoms with Crippen molar-refractivity contribution in [2.45, 2.75) is 12.5 Å². The SMILES string of the molecule is COc1cccc(NC(=O)COC(=O)CC(NC(=O)c2ccccc2)c2ccccc2)c1. The van der Waals surface area contributed by atoms with Gasteiger partial charge in [-0.25, -0.2) is 0 Å². The van der Waals surface area contributed by atoms with Crippen LogP contribution in [0.5, 0.6) is 5.75 Å². The van der Waals surface area contributed by atoms with Gasteiger partial charge in [-0.1, -0.05) is 54.6 Å². The number of esters is 1. The maximum Gasteiger partial charge on any atom is 0.308 e. The summed E-state index contributed by atoms with van der Waals surface area (Å²) < 4.78 is 10.3. The van der Waals surface area contributed by atoms with E-state index in [0.29, 0.717) is 17.0 Å². The molecule has 164 valence electrons. The van der Waals surface area contributed by atoms with Gasteiger partial charge in [-0.05, 0) is 29.8 Å². The van der Waals surface area contributed by atoms with Crippen LogP contribution in [0.3, 0.4) is 0 Å². The molecule has 0 aliphatic rings. The minimum Gasteiger partial charge on any atom is -0.497 e. The number of hydrogen-bond donors (Lipinski definition) is 2. The second kappa shape index (κ2) is 11.3. The molecule has 2 N–H and O–H groups in total. The summed E-state index contributed by atoms with van der Waals surface area (Å²) in [6, 6.07) is 24.1. The highest BCUT2D eigenvalue weighted by Gasteiger charge is 2.20. The summed E-state index contributed by atoms with van der Waals surface area (Å²) in [4.78, 5) is 37.2. The van der Waals surface area contributed by atoms with Gasteiger partial charge in [0.1, 0.15) is 5.75 Å². The minimum atomic E-state index is -0.604. The fourth-order valence-electron chi connectivity index (χ4n) is 3.04. The van der Waals surface area contributed by atoms with E-state index < -0.39 is 24.5 Å². The minimum absolute atomic E-state index is 0.116. The molecule has 0 fully saturated rings. The van der Waals surface area contributed by atoms with E-state index in [-0.39, 0.29) is 12.3 Å². The molecular formula is C25H24N2O5. The number of rotatable bonds is 9. The molecule has 0 heterocycles. The smallest absolute Gasteiger partial charge is 0.308 e. The molecule has 3 aromatic carbocycles. The van der Waals surface area contributed by atoms with Crippen LogP contribution >= 0.6 is 0 Å². The zero-order valence-electron chi connectivity index (χ0n) is 17.6. The van der Waals surface area contributed by atoms with Gasteiger partial charge in [0.05, 0.1) is 19.6 Å². The van der Waals surface area contributed by atoms with Crippen molar-refractivity contribution in [3.05, 3.63) is 96.1 Å². The van der Waals surface area contributed by atoms with Crippen LogP contribution in [0.15, 0.2) is 84.9 Å². The highest BCUT2D eigenvalue weighted by molar-refractivity contribution is 5.95. The van der Waals surface area contributed by atoms with Crippen molar-refractivity contribution in [2.75, 3.05) is 19.0 Å². The van der Waals surface area contributed by atoms with Crippen molar-refractivity contribution < 1.29 is 23.9 Å². The third-order valence-corrected chi connectivity index (χ3v) is 4.63. The molecule has 1 unspecified atom stereocenters. The van der Waals surface area contributed by atoms with Crippen LogP contribution in [0, 0.1) is 0 Å². The van der Waals surface area contributed by atoms with Gasteiger partial charge in [-0.2, -0.15) is 0 Å². The zero-order valence-corrected chi connectivity index (χ0v) is 17.6. The van der Waals surface area contributed by atoms with Crippen LogP contribution in [-0.2, 0) is 14.3 Å². The number of carbonyl (C=O) groups excluding carboxylic acids is 3. The number of methoxy groups -OCH3 is 1. The zero-order chi connectivity index (χ0) is 22.8. The van der Waals surface area contributed by atoms with E-state index in [1.807, 2.05) is 36.4 Å². The normalized spacial score (nSPS) is 11.2. The number of hydrogen-bond acceptors (Lipinski definition) is 5. The first kappa shape index (κ1) is 22.6. The Morgan fingerprint density at radius 3 is 2.25 bits per heavy atom. The fraction of sp³-hybridized carbons (Fsp3) is 0.160. The second-order valence-electron chi connectivity index (χ2n) is 6.95. The average Bonchev–Trinajstić information content (AvgIpc) is 2.83. The van der Waals surface area contributed by atoms with Crippen LogP contribution in [0.2, 0.25) is 0 Å². The molecule has 0 aliphatic heterocycles. The lowest BCUT2D eigenvalue weighted by Crippen LogP contribution is -2.31. The van der Waals surface area contributed by atoms with Crippen molar-refractivity contribution in [1.82, 2.24) is 5.32 Å². The number of nitrogens with one attached hydrogen (secondary N) is 2. The molecule has 2 amide bonds. The van der Waals surface area contributed by atoms with Crippen molar-refractivity contribution in [3.63, 3.8) is 0 Å². The van der Waals surface area contributed by atoms with E-state index >= 15 is 0 Å². The van der Waals surface area contributed by atoms with Gasteiger partial charge < -0.3 is 20.1 Å². The van der Waals surface area contributed by atoms with E-state index in [0.717, 1.165) is 5.56 Å². The summed E-state index contributed by atoms with van der Waals surface area (Å²) in [7, 11) is 1.53. The van der Waals surface area contributed by atoms with Crippen LogP contribution in [-0.4, -0.2) is 31.5 Å². The van der Waals surface area contributed by atoms with Gasteiger partial charge in [0.2, 0.25) is 0 Å². The molecular weight excluding hydrogens is 408 g/mol. The molecule has 7 heteroatoms. The maximum atomic E-state index is 12.6. The van der Waals surface area contributed by atoms with E-state index in [9.17, 15) is 14.4 Å². The average molecular weight is 432 g/mol. The molecule has 32 heavy (non-hydrogen) atoms. The number of carbonyl (C=O) groups is 3. The summed E-state index contributed by atoms with van der Waals surface area (Å²) in [6.45, 7) is -0.440. The first-order chi connectivity index (χ1) is 15.5. The van der Waals surface area contributed by atoms with Gasteiger partial charge in [-0.3, -0.25) is 14.4 Å². The van der Waals surface area contributed by atoms with Gasteiger partial charge in [0.15, 0.2) is 6.61 Å². The molecule has 0 aromatic heterocycles. The monoisotopic (exact) mass is 432 g/mol.